The van der Waals surface area contributed by atoms with Crippen LogP contribution in [-0.2, 0) is 4.79 Å². The molecule has 4 nitrogen and oxygen atoms in total. The minimum atomic E-state index is -4.66. The number of benzene rings is 1. The Balaban J connectivity index is 0.000000572. The molecule has 1 aliphatic rings. The van der Waals surface area contributed by atoms with Gasteiger partial charge in [0.15, 0.2) is 0 Å². The van der Waals surface area contributed by atoms with Gasteiger partial charge >= 0.3 is 6.36 Å². The first-order valence-electron chi connectivity index (χ1n) is 11.6. The first-order valence-corrected chi connectivity index (χ1v) is 11.6. The highest BCUT2D eigenvalue weighted by Crippen LogP contribution is 2.28. The fourth-order valence-corrected chi connectivity index (χ4v) is 2.81. The number of carbonyl (C=O) groups excluding carboxylic acids is 1. The SMILES string of the molecule is CC1CCC1.CCC(=O)CC(O)(CF)CF.CCCC(C)=Nc1ccc(OC(F)(F)F)cc1C. The van der Waals surface area contributed by atoms with E-state index in [1.54, 1.807) is 13.8 Å². The second-order valence-corrected chi connectivity index (χ2v) is 8.69. The molecule has 0 atom stereocenters. The van der Waals surface area contributed by atoms with Crippen molar-refractivity contribution in [3.63, 3.8) is 0 Å². The number of aryl methyl sites for hydroxylation is 1. The molecule has 0 radical (unpaired) electrons. The first-order chi connectivity index (χ1) is 15.8. The smallest absolute Gasteiger partial charge is 0.406 e. The van der Waals surface area contributed by atoms with Crippen LogP contribution in [0.15, 0.2) is 23.2 Å². The van der Waals surface area contributed by atoms with Crippen LogP contribution in [0.5, 0.6) is 5.75 Å². The number of hydrogen-bond donors (Lipinski definition) is 1. The number of nitrogens with zero attached hydrogens (tertiary/aromatic N) is 1. The van der Waals surface area contributed by atoms with Gasteiger partial charge in [-0.1, -0.05) is 46.5 Å². The lowest BCUT2D eigenvalue weighted by molar-refractivity contribution is -0.274. The van der Waals surface area contributed by atoms with Crippen molar-refractivity contribution in [3.05, 3.63) is 23.8 Å². The predicted molar refractivity (Wildman–Crippen MR) is 125 cm³/mol. The van der Waals surface area contributed by atoms with Crippen molar-refractivity contribution in [1.29, 1.82) is 0 Å². The molecule has 34 heavy (non-hydrogen) atoms. The van der Waals surface area contributed by atoms with Crippen LogP contribution in [0.1, 0.15) is 78.2 Å². The number of rotatable bonds is 9. The lowest BCUT2D eigenvalue weighted by Crippen LogP contribution is -2.36. The Labute approximate surface area is 199 Å². The third kappa shape index (κ3) is 14.3. The van der Waals surface area contributed by atoms with Crippen LogP contribution in [0.3, 0.4) is 0 Å². The summed E-state index contributed by atoms with van der Waals surface area (Å²) in [5.74, 6) is 0.518. The number of alkyl halides is 5. The molecular formula is C25H38F5NO3. The van der Waals surface area contributed by atoms with Crippen molar-refractivity contribution in [1.82, 2.24) is 0 Å². The molecule has 0 amide bonds. The van der Waals surface area contributed by atoms with Crippen molar-refractivity contribution in [3.8, 4) is 5.75 Å². The summed E-state index contributed by atoms with van der Waals surface area (Å²) >= 11 is 0. The van der Waals surface area contributed by atoms with E-state index in [2.05, 4.69) is 16.7 Å². The van der Waals surface area contributed by atoms with Gasteiger partial charge in [0.1, 0.15) is 30.5 Å². The fourth-order valence-electron chi connectivity index (χ4n) is 2.81. The van der Waals surface area contributed by atoms with Gasteiger partial charge in [-0.2, -0.15) is 0 Å². The van der Waals surface area contributed by atoms with E-state index >= 15 is 0 Å². The maximum absolute atomic E-state index is 12.0. The minimum Gasteiger partial charge on any atom is -0.406 e. The molecule has 1 fully saturated rings. The third-order valence-corrected chi connectivity index (χ3v) is 5.14. The van der Waals surface area contributed by atoms with E-state index in [4.69, 9.17) is 5.11 Å². The van der Waals surface area contributed by atoms with Gasteiger partial charge in [0.05, 0.1) is 5.69 Å². The van der Waals surface area contributed by atoms with Crippen LogP contribution < -0.4 is 4.74 Å². The van der Waals surface area contributed by atoms with E-state index in [9.17, 15) is 26.7 Å². The van der Waals surface area contributed by atoms with Crippen molar-refractivity contribution >= 4 is 17.2 Å². The van der Waals surface area contributed by atoms with Gasteiger partial charge in [-0.25, -0.2) is 8.78 Å². The Kier molecular flexibility index (Phi) is 14.8. The second-order valence-electron chi connectivity index (χ2n) is 8.69. The molecule has 0 heterocycles. The van der Waals surface area contributed by atoms with Gasteiger partial charge in [0.2, 0.25) is 0 Å². The minimum absolute atomic E-state index is 0.197. The standard InChI is InChI=1S/C13H16F3NO.C7H12F2O2.C5H10/c1-4-5-10(3)17-12-7-6-11(8-9(12)2)18-13(14,15)16;1-2-6(10)3-7(11,4-8)5-9;1-5-3-2-4-5/h6-8H,4-5H2,1-3H3;11H,2-5H2,1H3;5H,2-4H2,1H3. The van der Waals surface area contributed by atoms with E-state index in [0.29, 0.717) is 11.3 Å². The molecule has 1 aliphatic carbocycles. The van der Waals surface area contributed by atoms with Crippen LogP contribution >= 0.6 is 0 Å². The van der Waals surface area contributed by atoms with E-state index in [0.717, 1.165) is 24.5 Å². The van der Waals surface area contributed by atoms with Gasteiger partial charge in [-0.3, -0.25) is 9.79 Å². The number of halogens is 5. The molecule has 196 valence electrons. The van der Waals surface area contributed by atoms with E-state index in [-0.39, 0.29) is 18.0 Å². The zero-order chi connectivity index (χ0) is 26.4. The van der Waals surface area contributed by atoms with Gasteiger partial charge in [0, 0.05) is 18.6 Å². The van der Waals surface area contributed by atoms with Crippen molar-refractivity contribution in [2.45, 2.75) is 91.5 Å². The highest BCUT2D eigenvalue weighted by molar-refractivity contribution is 5.85. The third-order valence-electron chi connectivity index (χ3n) is 5.14. The maximum atomic E-state index is 12.0. The zero-order valence-corrected chi connectivity index (χ0v) is 20.8. The average molecular weight is 496 g/mol. The molecule has 1 aromatic carbocycles. The number of hydrogen-bond acceptors (Lipinski definition) is 4. The van der Waals surface area contributed by atoms with Crippen molar-refractivity contribution in [2.75, 3.05) is 13.3 Å². The highest BCUT2D eigenvalue weighted by Gasteiger charge is 2.31. The Morgan fingerprint density at radius 3 is 2.09 bits per heavy atom. The molecule has 1 aromatic rings. The molecule has 0 spiro atoms. The summed E-state index contributed by atoms with van der Waals surface area (Å²) in [6.07, 6.45) is 1.43. The fraction of sp³-hybridized carbons (Fsp3) is 0.680. The summed E-state index contributed by atoms with van der Waals surface area (Å²) in [6.45, 7) is 7.13. The lowest BCUT2D eigenvalue weighted by atomic mass is 9.88. The quantitative estimate of drug-likeness (QED) is 0.283. The summed E-state index contributed by atoms with van der Waals surface area (Å²) in [6, 6.07) is 4.15. The molecule has 2 rings (SSSR count). The summed E-state index contributed by atoms with van der Waals surface area (Å²) in [7, 11) is 0. The average Bonchev–Trinajstić information content (AvgIpc) is 2.74. The molecule has 0 bridgehead atoms. The Morgan fingerprint density at radius 2 is 1.74 bits per heavy atom. The molecule has 0 unspecified atom stereocenters. The van der Waals surface area contributed by atoms with Crippen molar-refractivity contribution < 1.29 is 36.6 Å². The van der Waals surface area contributed by atoms with E-state index in [1.165, 1.54) is 37.5 Å². The molecule has 1 saturated carbocycles. The Bertz CT molecular complexity index is 757. The summed E-state index contributed by atoms with van der Waals surface area (Å²) < 4.78 is 63.7. The molecule has 0 saturated heterocycles. The molecule has 0 aromatic heterocycles. The Morgan fingerprint density at radius 1 is 1.18 bits per heavy atom. The van der Waals surface area contributed by atoms with Gasteiger partial charge in [-0.05, 0) is 49.9 Å². The van der Waals surface area contributed by atoms with Crippen LogP contribution in [0.4, 0.5) is 27.6 Å². The first kappa shape index (κ1) is 32.0. The summed E-state index contributed by atoms with van der Waals surface area (Å²) in [5.41, 5.74) is 0.223. The number of aliphatic imine (C=N–C) groups is 1. The highest BCUT2D eigenvalue weighted by atomic mass is 19.4. The summed E-state index contributed by atoms with van der Waals surface area (Å²) in [5, 5.41) is 8.96. The van der Waals surface area contributed by atoms with Gasteiger partial charge in [0.25, 0.3) is 0 Å². The molecular weight excluding hydrogens is 457 g/mol. The van der Waals surface area contributed by atoms with Crippen LogP contribution in [0, 0.1) is 12.8 Å². The number of aliphatic hydroxyl groups is 1. The number of ketones is 1. The number of ether oxygens (including phenoxy) is 1. The predicted octanol–water partition coefficient (Wildman–Crippen LogP) is 7.62. The zero-order valence-electron chi connectivity index (χ0n) is 20.8. The monoisotopic (exact) mass is 495 g/mol. The van der Waals surface area contributed by atoms with Crippen LogP contribution in [-0.4, -0.2) is 41.9 Å². The maximum Gasteiger partial charge on any atom is 0.573 e. The van der Waals surface area contributed by atoms with Gasteiger partial charge in [-0.15, -0.1) is 13.2 Å². The topological polar surface area (TPSA) is 58.9 Å². The summed E-state index contributed by atoms with van der Waals surface area (Å²) in [4.78, 5) is 15.0. The van der Waals surface area contributed by atoms with Crippen LogP contribution in [0.2, 0.25) is 0 Å². The van der Waals surface area contributed by atoms with E-state index < -0.39 is 31.7 Å². The molecule has 1 N–H and O–H groups in total. The number of carbonyl (C=O) groups is 1. The normalized spacial score (nSPS) is 14.3. The molecule has 9 heteroatoms. The van der Waals surface area contributed by atoms with Crippen molar-refractivity contribution in [2.24, 2.45) is 10.9 Å². The Hall–Kier alpha value is -2.03. The second kappa shape index (κ2) is 15.8. The lowest BCUT2D eigenvalue weighted by Gasteiger charge is -2.19. The molecule has 0 aliphatic heterocycles. The van der Waals surface area contributed by atoms with Crippen LogP contribution in [0.25, 0.3) is 0 Å². The van der Waals surface area contributed by atoms with E-state index in [1.807, 2.05) is 13.8 Å². The number of Topliss-reactive ketones (excluding diaryl/α,β-unsaturated/α-hetero) is 1. The van der Waals surface area contributed by atoms with Gasteiger partial charge < -0.3 is 9.84 Å². The largest absolute Gasteiger partial charge is 0.573 e.